The summed E-state index contributed by atoms with van der Waals surface area (Å²) in [5.41, 5.74) is 0. The number of imidazole rings is 1. The Bertz CT molecular complexity index is 335. The zero-order chi connectivity index (χ0) is 10.0. The van der Waals surface area contributed by atoms with Crippen LogP contribution in [0.1, 0.15) is 17.5 Å². The van der Waals surface area contributed by atoms with Gasteiger partial charge in [-0.1, -0.05) is 0 Å². The third kappa shape index (κ3) is 2.11. The predicted octanol–water partition coefficient (Wildman–Crippen LogP) is 2.12. The van der Waals surface area contributed by atoms with Gasteiger partial charge in [-0.3, -0.25) is 0 Å². The number of carbonyl (C=O) groups excluding carboxylic acids is 1. The van der Waals surface area contributed by atoms with Crippen LogP contribution in [-0.4, -0.2) is 22.1 Å². The number of rotatable bonds is 2. The molecule has 0 unspecified atom stereocenters. The summed E-state index contributed by atoms with van der Waals surface area (Å²) in [6.07, 6.45) is 0. The van der Waals surface area contributed by atoms with Crippen LogP contribution in [0, 0.1) is 0 Å². The lowest BCUT2D eigenvalue weighted by atomic mass is 10.6. The molecule has 6 heteroatoms. The van der Waals surface area contributed by atoms with Crippen LogP contribution in [0.2, 0.25) is 0 Å². The van der Waals surface area contributed by atoms with Crippen LogP contribution in [0.3, 0.4) is 0 Å². The summed E-state index contributed by atoms with van der Waals surface area (Å²) in [4.78, 5) is 15.3. The van der Waals surface area contributed by atoms with Crippen molar-refractivity contribution in [2.24, 2.45) is 7.05 Å². The number of aromatic nitrogens is 2. The molecule has 0 aliphatic carbocycles. The molecule has 0 atom stereocenters. The van der Waals surface area contributed by atoms with Crippen molar-refractivity contribution in [3.63, 3.8) is 0 Å². The molecule has 1 heterocycles. The second-order valence-electron chi connectivity index (χ2n) is 2.30. The van der Waals surface area contributed by atoms with E-state index in [-0.39, 0.29) is 5.82 Å². The van der Waals surface area contributed by atoms with Crippen molar-refractivity contribution in [3.05, 3.63) is 15.0 Å². The van der Waals surface area contributed by atoms with E-state index in [0.29, 0.717) is 11.2 Å². The Balaban J connectivity index is 3.01. The van der Waals surface area contributed by atoms with Gasteiger partial charge < -0.3 is 9.30 Å². The fourth-order valence-corrected chi connectivity index (χ4v) is 1.51. The molecule has 0 amide bonds. The van der Waals surface area contributed by atoms with Gasteiger partial charge in [0.05, 0.1) is 6.61 Å². The van der Waals surface area contributed by atoms with Crippen LogP contribution in [0.4, 0.5) is 0 Å². The molecule has 0 bridgehead atoms. The lowest BCUT2D eigenvalue weighted by Crippen LogP contribution is -2.11. The van der Waals surface area contributed by atoms with Gasteiger partial charge in [0.15, 0.2) is 0 Å². The normalized spacial score (nSPS) is 10.2. The first-order chi connectivity index (χ1) is 6.07. The maximum atomic E-state index is 11.3. The predicted molar refractivity (Wildman–Crippen MR) is 54.6 cm³/mol. The Hall–Kier alpha value is -0.360. The fourth-order valence-electron chi connectivity index (χ4n) is 0.824. The van der Waals surface area contributed by atoms with Gasteiger partial charge in [0, 0.05) is 7.05 Å². The second-order valence-corrected chi connectivity index (χ2v) is 3.80. The number of hydrogen-bond acceptors (Lipinski definition) is 3. The summed E-state index contributed by atoms with van der Waals surface area (Å²) < 4.78 is 7.74. The maximum absolute atomic E-state index is 11.3. The van der Waals surface area contributed by atoms with E-state index in [4.69, 9.17) is 4.74 Å². The summed E-state index contributed by atoms with van der Waals surface area (Å²) in [5, 5.41) is 0. The molecule has 0 radical (unpaired) electrons. The van der Waals surface area contributed by atoms with Gasteiger partial charge in [-0.15, -0.1) is 0 Å². The van der Waals surface area contributed by atoms with E-state index in [1.807, 2.05) is 0 Å². The summed E-state index contributed by atoms with van der Waals surface area (Å²) in [6, 6.07) is 0. The number of halogens is 2. The summed E-state index contributed by atoms with van der Waals surface area (Å²) in [7, 11) is 1.73. The molecule has 13 heavy (non-hydrogen) atoms. The minimum atomic E-state index is -0.420. The van der Waals surface area contributed by atoms with Gasteiger partial charge in [0.1, 0.15) is 9.21 Å². The number of hydrogen-bond donors (Lipinski definition) is 0. The van der Waals surface area contributed by atoms with E-state index in [2.05, 4.69) is 36.8 Å². The second kappa shape index (κ2) is 4.23. The lowest BCUT2D eigenvalue weighted by Gasteiger charge is -2.00. The van der Waals surface area contributed by atoms with Crippen molar-refractivity contribution in [1.82, 2.24) is 9.55 Å². The average Bonchev–Trinajstić information content (AvgIpc) is 2.33. The minimum absolute atomic E-state index is 0.278. The van der Waals surface area contributed by atoms with E-state index < -0.39 is 5.97 Å². The average molecular weight is 312 g/mol. The van der Waals surface area contributed by atoms with E-state index in [1.54, 1.807) is 18.5 Å². The van der Waals surface area contributed by atoms with E-state index >= 15 is 0 Å². The number of ether oxygens (including phenoxy) is 1. The smallest absolute Gasteiger partial charge is 0.374 e. The first kappa shape index (κ1) is 10.7. The SMILES string of the molecule is CCOC(=O)c1nc(Br)c(Br)n1C. The minimum Gasteiger partial charge on any atom is -0.460 e. The van der Waals surface area contributed by atoms with Crippen LogP contribution >= 0.6 is 31.9 Å². The molecule has 4 nitrogen and oxygen atoms in total. The topological polar surface area (TPSA) is 44.1 Å². The monoisotopic (exact) mass is 310 g/mol. The molecule has 1 rings (SSSR count). The molecule has 0 N–H and O–H groups in total. The molecule has 0 aliphatic heterocycles. The number of esters is 1. The highest BCUT2D eigenvalue weighted by Crippen LogP contribution is 2.22. The van der Waals surface area contributed by atoms with Crippen molar-refractivity contribution in [2.45, 2.75) is 6.92 Å². The van der Waals surface area contributed by atoms with Gasteiger partial charge >= 0.3 is 5.97 Å². The molecule has 1 aromatic rings. The van der Waals surface area contributed by atoms with Gasteiger partial charge in [-0.2, -0.15) is 0 Å². The standard InChI is InChI=1S/C7H8Br2N2O2/c1-3-13-7(12)6-10-4(8)5(9)11(6)2/h3H2,1-2H3. The molecule has 0 saturated heterocycles. The van der Waals surface area contributed by atoms with Crippen LogP contribution in [0.5, 0.6) is 0 Å². The van der Waals surface area contributed by atoms with Crippen LogP contribution in [0.15, 0.2) is 9.21 Å². The zero-order valence-corrected chi connectivity index (χ0v) is 10.3. The zero-order valence-electron chi connectivity index (χ0n) is 7.17. The van der Waals surface area contributed by atoms with Crippen molar-refractivity contribution in [2.75, 3.05) is 6.61 Å². The third-order valence-corrected chi connectivity index (χ3v) is 3.44. The van der Waals surface area contributed by atoms with Crippen LogP contribution in [0.25, 0.3) is 0 Å². The van der Waals surface area contributed by atoms with Crippen molar-refractivity contribution in [1.29, 1.82) is 0 Å². The fraction of sp³-hybridized carbons (Fsp3) is 0.429. The number of nitrogens with zero attached hydrogens (tertiary/aromatic N) is 2. The Kier molecular flexibility index (Phi) is 3.49. The molecule has 1 aromatic heterocycles. The molecule has 0 spiro atoms. The van der Waals surface area contributed by atoms with Gasteiger partial charge in [0.25, 0.3) is 0 Å². The van der Waals surface area contributed by atoms with Crippen LogP contribution < -0.4 is 0 Å². The molecular weight excluding hydrogens is 304 g/mol. The first-order valence-electron chi connectivity index (χ1n) is 3.62. The summed E-state index contributed by atoms with van der Waals surface area (Å²) in [6.45, 7) is 2.10. The molecular formula is C7H8Br2N2O2. The first-order valence-corrected chi connectivity index (χ1v) is 5.21. The Morgan fingerprint density at radius 2 is 2.23 bits per heavy atom. The van der Waals surface area contributed by atoms with Gasteiger partial charge in [-0.25, -0.2) is 9.78 Å². The van der Waals surface area contributed by atoms with E-state index in [1.165, 1.54) is 0 Å². The Morgan fingerprint density at radius 1 is 1.62 bits per heavy atom. The molecule has 0 aromatic carbocycles. The Morgan fingerprint density at radius 3 is 2.62 bits per heavy atom. The highest BCUT2D eigenvalue weighted by atomic mass is 79.9. The van der Waals surface area contributed by atoms with Crippen molar-refractivity contribution >= 4 is 37.8 Å². The van der Waals surface area contributed by atoms with Crippen LogP contribution in [-0.2, 0) is 11.8 Å². The molecule has 0 fully saturated rings. The highest BCUT2D eigenvalue weighted by molar-refractivity contribution is 9.13. The van der Waals surface area contributed by atoms with E-state index in [9.17, 15) is 4.79 Å². The largest absolute Gasteiger partial charge is 0.460 e. The molecule has 72 valence electrons. The Labute approximate surface area is 92.5 Å². The summed E-state index contributed by atoms with van der Waals surface area (Å²) in [5.74, 6) is -0.142. The molecule has 0 saturated carbocycles. The number of carbonyl (C=O) groups is 1. The third-order valence-electron chi connectivity index (χ3n) is 1.44. The van der Waals surface area contributed by atoms with Gasteiger partial charge in [0.2, 0.25) is 5.82 Å². The van der Waals surface area contributed by atoms with Crippen molar-refractivity contribution in [3.8, 4) is 0 Å². The quantitative estimate of drug-likeness (QED) is 0.786. The van der Waals surface area contributed by atoms with Crippen molar-refractivity contribution < 1.29 is 9.53 Å². The van der Waals surface area contributed by atoms with Gasteiger partial charge in [-0.05, 0) is 38.8 Å². The molecule has 0 aliphatic rings. The maximum Gasteiger partial charge on any atom is 0.374 e. The highest BCUT2D eigenvalue weighted by Gasteiger charge is 2.17. The summed E-state index contributed by atoms with van der Waals surface area (Å²) >= 11 is 6.46. The lowest BCUT2D eigenvalue weighted by molar-refractivity contribution is 0.0507. The van der Waals surface area contributed by atoms with E-state index in [0.717, 1.165) is 4.60 Å².